The van der Waals surface area contributed by atoms with Crippen molar-refractivity contribution in [3.8, 4) is 11.1 Å². The van der Waals surface area contributed by atoms with Gasteiger partial charge in [0.05, 0.1) is 23.5 Å². The summed E-state index contributed by atoms with van der Waals surface area (Å²) in [6, 6.07) is 8.14. The predicted molar refractivity (Wildman–Crippen MR) is 109 cm³/mol. The van der Waals surface area contributed by atoms with E-state index in [1.807, 2.05) is 0 Å². The minimum atomic E-state index is -3.40. The first-order valence-electron chi connectivity index (χ1n) is 9.41. The molecule has 0 saturated carbocycles. The van der Waals surface area contributed by atoms with Crippen molar-refractivity contribution in [1.29, 1.82) is 0 Å². The lowest BCUT2D eigenvalue weighted by molar-refractivity contribution is -0.133. The van der Waals surface area contributed by atoms with Gasteiger partial charge in [-0.15, -0.1) is 0 Å². The summed E-state index contributed by atoms with van der Waals surface area (Å²) in [5, 5.41) is 11.4. The maximum Gasteiger partial charge on any atom is 0.315 e. The fourth-order valence-electron chi connectivity index (χ4n) is 2.59. The highest BCUT2D eigenvalue weighted by Crippen LogP contribution is 2.24. The molecular weight excluding hydrogens is 435 g/mol. The number of nitrogens with one attached hydrogen (secondary N) is 2. The van der Waals surface area contributed by atoms with Crippen LogP contribution in [-0.2, 0) is 21.4 Å². The van der Waals surface area contributed by atoms with Crippen LogP contribution in [0.15, 0.2) is 42.6 Å². The van der Waals surface area contributed by atoms with E-state index < -0.39 is 46.4 Å². The van der Waals surface area contributed by atoms with Crippen LogP contribution in [0.2, 0.25) is 0 Å². The fraction of sp³-hybridized carbons (Fsp3) is 0.400. The molecule has 0 aliphatic rings. The zero-order chi connectivity index (χ0) is 23.2. The van der Waals surface area contributed by atoms with Crippen LogP contribution in [0.5, 0.6) is 0 Å². The smallest absolute Gasteiger partial charge is 0.315 e. The highest BCUT2D eigenvalue weighted by Gasteiger charge is 2.26. The van der Waals surface area contributed by atoms with Crippen LogP contribution in [0.4, 0.5) is 13.2 Å². The maximum atomic E-state index is 13.1. The second-order valence-electron chi connectivity index (χ2n) is 7.09. The molecule has 1 heterocycles. The standard InChI is InChI=1S/C20H24F3N3O4S/c1-12(2)31(29,30)25-11-16-8-7-15(10-24-16)13-3-5-14(6-4-13)18(27)17(9-21)26-20(28)19(22)23/h3-8,10,12,17-19,25,27H,9,11H2,1-2H3,(H,26,28)/t17-,18-/m1/s1. The van der Waals surface area contributed by atoms with Crippen LogP contribution < -0.4 is 10.0 Å². The van der Waals surface area contributed by atoms with E-state index in [2.05, 4.69) is 9.71 Å². The van der Waals surface area contributed by atoms with Gasteiger partial charge >= 0.3 is 6.43 Å². The lowest BCUT2D eigenvalue weighted by Crippen LogP contribution is -2.43. The van der Waals surface area contributed by atoms with E-state index in [0.29, 0.717) is 16.8 Å². The number of aromatic nitrogens is 1. The molecule has 1 aromatic carbocycles. The number of benzene rings is 1. The summed E-state index contributed by atoms with van der Waals surface area (Å²) < 4.78 is 63.9. The Kier molecular flexibility index (Phi) is 8.54. The second-order valence-corrected chi connectivity index (χ2v) is 9.41. The number of amides is 1. The van der Waals surface area contributed by atoms with Crippen molar-refractivity contribution in [2.24, 2.45) is 0 Å². The van der Waals surface area contributed by atoms with Crippen LogP contribution in [0.3, 0.4) is 0 Å². The van der Waals surface area contributed by atoms with Crippen molar-refractivity contribution in [2.45, 2.75) is 44.2 Å². The first-order valence-corrected chi connectivity index (χ1v) is 11.0. The molecule has 0 aliphatic carbocycles. The van der Waals surface area contributed by atoms with E-state index in [1.165, 1.54) is 12.1 Å². The number of hydrogen-bond acceptors (Lipinski definition) is 5. The van der Waals surface area contributed by atoms with Crippen LogP contribution in [0.25, 0.3) is 11.1 Å². The number of halogens is 3. The zero-order valence-electron chi connectivity index (χ0n) is 16.9. The summed E-state index contributed by atoms with van der Waals surface area (Å²) in [5.41, 5.74) is 2.20. The summed E-state index contributed by atoms with van der Waals surface area (Å²) in [4.78, 5) is 15.3. The van der Waals surface area contributed by atoms with Crippen molar-refractivity contribution in [2.75, 3.05) is 6.67 Å². The SMILES string of the molecule is CC(C)S(=O)(=O)NCc1ccc(-c2ccc([C@@H](O)[C@@H](CF)NC(=O)C(F)F)cc2)cn1. The summed E-state index contributed by atoms with van der Waals surface area (Å²) in [5.74, 6) is -1.65. The average molecular weight is 459 g/mol. The minimum absolute atomic E-state index is 0.0564. The summed E-state index contributed by atoms with van der Waals surface area (Å²) in [7, 11) is -3.40. The van der Waals surface area contributed by atoms with Crippen molar-refractivity contribution in [3.63, 3.8) is 0 Å². The van der Waals surface area contributed by atoms with Crippen molar-refractivity contribution < 1.29 is 31.5 Å². The van der Waals surface area contributed by atoms with Crippen molar-refractivity contribution >= 4 is 15.9 Å². The van der Waals surface area contributed by atoms with Gasteiger partial charge < -0.3 is 10.4 Å². The van der Waals surface area contributed by atoms with Crippen LogP contribution in [0, 0.1) is 0 Å². The quantitative estimate of drug-likeness (QED) is 0.505. The van der Waals surface area contributed by atoms with E-state index in [4.69, 9.17) is 0 Å². The van der Waals surface area contributed by atoms with Gasteiger partial charge in [0.25, 0.3) is 5.91 Å². The van der Waals surface area contributed by atoms with Gasteiger partial charge in [0.15, 0.2) is 0 Å². The van der Waals surface area contributed by atoms with Crippen LogP contribution in [0.1, 0.15) is 31.2 Å². The fourth-order valence-corrected chi connectivity index (χ4v) is 3.28. The van der Waals surface area contributed by atoms with Gasteiger partial charge in [-0.1, -0.05) is 30.3 Å². The van der Waals surface area contributed by atoms with Gasteiger partial charge in [0.1, 0.15) is 12.8 Å². The molecule has 2 atom stereocenters. The molecule has 0 spiro atoms. The molecule has 170 valence electrons. The second kappa shape index (κ2) is 10.7. The molecule has 0 aliphatic heterocycles. The minimum Gasteiger partial charge on any atom is -0.386 e. The van der Waals surface area contributed by atoms with E-state index in [0.717, 1.165) is 0 Å². The predicted octanol–water partition coefficient (Wildman–Crippen LogP) is 2.33. The normalized spacial score (nSPS) is 13.9. The Morgan fingerprint density at radius 3 is 2.19 bits per heavy atom. The molecule has 0 fully saturated rings. The summed E-state index contributed by atoms with van der Waals surface area (Å²) in [6.45, 7) is 1.98. The molecule has 1 aromatic heterocycles. The first kappa shape index (κ1) is 24.8. The number of aliphatic hydroxyl groups excluding tert-OH is 1. The zero-order valence-corrected chi connectivity index (χ0v) is 17.7. The van der Waals surface area contributed by atoms with E-state index >= 15 is 0 Å². The Labute approximate surface area is 178 Å². The molecular formula is C20H24F3N3O4S. The number of carbonyl (C=O) groups excluding carboxylic acids is 1. The number of alkyl halides is 3. The van der Waals surface area contributed by atoms with E-state index in [9.17, 15) is 31.5 Å². The number of sulfonamides is 1. The number of rotatable bonds is 10. The monoisotopic (exact) mass is 459 g/mol. The third-order valence-corrected chi connectivity index (χ3v) is 6.35. The lowest BCUT2D eigenvalue weighted by atomic mass is 9.99. The van der Waals surface area contributed by atoms with Crippen molar-refractivity contribution in [3.05, 3.63) is 53.9 Å². The van der Waals surface area contributed by atoms with Crippen LogP contribution >= 0.6 is 0 Å². The molecule has 0 unspecified atom stereocenters. The lowest BCUT2D eigenvalue weighted by Gasteiger charge is -2.22. The van der Waals surface area contributed by atoms with Gasteiger partial charge in [0, 0.05) is 11.8 Å². The Hall–Kier alpha value is -2.50. The molecule has 11 heteroatoms. The third kappa shape index (κ3) is 6.74. The van der Waals surface area contributed by atoms with Gasteiger partial charge in [0.2, 0.25) is 10.0 Å². The molecule has 1 amide bonds. The molecule has 0 radical (unpaired) electrons. The molecule has 3 N–H and O–H groups in total. The van der Waals surface area contributed by atoms with Gasteiger partial charge in [-0.2, -0.15) is 8.78 Å². The topological polar surface area (TPSA) is 108 Å². The van der Waals surface area contributed by atoms with Gasteiger partial charge in [-0.05, 0) is 31.0 Å². The number of hydrogen-bond donors (Lipinski definition) is 3. The molecule has 7 nitrogen and oxygen atoms in total. The number of pyridine rings is 1. The van der Waals surface area contributed by atoms with E-state index in [-0.39, 0.29) is 12.1 Å². The van der Waals surface area contributed by atoms with E-state index in [1.54, 1.807) is 49.6 Å². The molecule has 2 aromatic rings. The number of carbonyl (C=O) groups is 1. The first-order chi connectivity index (χ1) is 14.5. The average Bonchev–Trinajstić information content (AvgIpc) is 2.75. The van der Waals surface area contributed by atoms with Gasteiger partial charge in [-0.25, -0.2) is 17.5 Å². The van der Waals surface area contributed by atoms with Gasteiger partial charge in [-0.3, -0.25) is 9.78 Å². The molecule has 0 saturated heterocycles. The Morgan fingerprint density at radius 2 is 1.71 bits per heavy atom. The Bertz CT molecular complexity index is 968. The molecule has 0 bridgehead atoms. The third-order valence-electron chi connectivity index (χ3n) is 4.56. The largest absolute Gasteiger partial charge is 0.386 e. The van der Waals surface area contributed by atoms with Crippen molar-refractivity contribution in [1.82, 2.24) is 15.0 Å². The molecule has 2 rings (SSSR count). The highest BCUT2D eigenvalue weighted by molar-refractivity contribution is 7.90. The summed E-state index contributed by atoms with van der Waals surface area (Å²) >= 11 is 0. The number of nitrogens with zero attached hydrogens (tertiary/aromatic N) is 1. The highest BCUT2D eigenvalue weighted by atomic mass is 32.2. The Balaban J connectivity index is 2.06. The summed E-state index contributed by atoms with van der Waals surface area (Å²) in [6.07, 6.45) is -3.26. The van der Waals surface area contributed by atoms with Crippen LogP contribution in [-0.4, -0.2) is 48.8 Å². The Morgan fingerprint density at radius 1 is 1.10 bits per heavy atom. The molecule has 31 heavy (non-hydrogen) atoms. The maximum absolute atomic E-state index is 13.1. The number of aliphatic hydroxyl groups is 1.